The van der Waals surface area contributed by atoms with Crippen LogP contribution in [0, 0.1) is 6.92 Å². The molecule has 1 aliphatic heterocycles. The zero-order valence-electron chi connectivity index (χ0n) is 15.8. The lowest BCUT2D eigenvalue weighted by molar-refractivity contribution is 0.167. The van der Waals surface area contributed by atoms with E-state index in [1.54, 1.807) is 24.4 Å². The Balaban J connectivity index is 1.95. The van der Waals surface area contributed by atoms with Crippen LogP contribution in [0.15, 0.2) is 59.6 Å². The highest BCUT2D eigenvalue weighted by atomic mass is 32.2. The number of fused-ring (bicyclic) bond motifs is 1. The molecule has 28 heavy (non-hydrogen) atoms. The summed E-state index contributed by atoms with van der Waals surface area (Å²) in [6.45, 7) is 3.24. The molecule has 2 aromatic carbocycles. The second-order valence-corrected chi connectivity index (χ2v) is 8.39. The van der Waals surface area contributed by atoms with Crippen molar-refractivity contribution in [2.45, 2.75) is 18.4 Å². The normalized spacial score (nSPS) is 13.5. The summed E-state index contributed by atoms with van der Waals surface area (Å²) in [6.07, 6.45) is 1.69. The monoisotopic (exact) mass is 398 g/mol. The molecule has 146 valence electrons. The van der Waals surface area contributed by atoms with Crippen LogP contribution in [0.2, 0.25) is 0 Å². The van der Waals surface area contributed by atoms with Crippen molar-refractivity contribution in [3.8, 4) is 22.8 Å². The average molecular weight is 398 g/mol. The molecule has 4 rings (SSSR count). The maximum absolute atomic E-state index is 13.7. The molecule has 1 N–H and O–H groups in total. The van der Waals surface area contributed by atoms with E-state index in [4.69, 9.17) is 9.47 Å². The van der Waals surface area contributed by atoms with Crippen LogP contribution < -0.4 is 14.8 Å². The van der Waals surface area contributed by atoms with Gasteiger partial charge in [-0.25, -0.2) is 12.4 Å². The summed E-state index contributed by atoms with van der Waals surface area (Å²) < 4.78 is 39.9. The SMILES string of the molecule is CNCc1cn(S(=O)(=O)c2cccc3c2OCCO3)c(-c2ccccc2)c1C. The Hall–Kier alpha value is -2.77. The fourth-order valence-electron chi connectivity index (χ4n) is 3.47. The average Bonchev–Trinajstić information content (AvgIpc) is 3.05. The molecular weight excluding hydrogens is 376 g/mol. The molecule has 0 saturated carbocycles. The predicted molar refractivity (Wildman–Crippen MR) is 107 cm³/mol. The van der Waals surface area contributed by atoms with Crippen LogP contribution in [0.3, 0.4) is 0 Å². The highest BCUT2D eigenvalue weighted by Crippen LogP contribution is 2.39. The number of benzene rings is 2. The van der Waals surface area contributed by atoms with Gasteiger partial charge in [0.2, 0.25) is 0 Å². The van der Waals surface area contributed by atoms with Crippen molar-refractivity contribution in [1.29, 1.82) is 0 Å². The van der Waals surface area contributed by atoms with E-state index in [0.29, 0.717) is 31.2 Å². The number of hydrogen-bond acceptors (Lipinski definition) is 5. The number of ether oxygens (including phenoxy) is 2. The molecule has 6 nitrogen and oxygen atoms in total. The van der Waals surface area contributed by atoms with Crippen molar-refractivity contribution in [3.63, 3.8) is 0 Å². The Morgan fingerprint density at radius 2 is 1.79 bits per heavy atom. The molecule has 0 amide bonds. The molecule has 0 unspecified atom stereocenters. The van der Waals surface area contributed by atoms with Gasteiger partial charge in [-0.2, -0.15) is 0 Å². The lowest BCUT2D eigenvalue weighted by Crippen LogP contribution is -2.20. The van der Waals surface area contributed by atoms with Gasteiger partial charge in [-0.1, -0.05) is 36.4 Å². The van der Waals surface area contributed by atoms with Crippen LogP contribution in [0.25, 0.3) is 11.3 Å². The Bertz CT molecular complexity index is 1100. The van der Waals surface area contributed by atoms with E-state index < -0.39 is 10.0 Å². The first-order valence-corrected chi connectivity index (χ1v) is 10.5. The van der Waals surface area contributed by atoms with E-state index in [-0.39, 0.29) is 10.6 Å². The van der Waals surface area contributed by atoms with Gasteiger partial charge >= 0.3 is 0 Å². The number of nitrogens with zero attached hydrogens (tertiary/aromatic N) is 1. The fraction of sp³-hybridized carbons (Fsp3) is 0.238. The first-order chi connectivity index (χ1) is 13.5. The zero-order valence-corrected chi connectivity index (χ0v) is 16.6. The Labute approximate surface area is 164 Å². The summed E-state index contributed by atoms with van der Waals surface area (Å²) in [5.41, 5.74) is 3.34. The lowest BCUT2D eigenvalue weighted by Gasteiger charge is -2.21. The summed E-state index contributed by atoms with van der Waals surface area (Å²) in [7, 11) is -2.06. The second-order valence-electron chi connectivity index (χ2n) is 6.61. The molecular formula is C21H22N2O4S. The zero-order chi connectivity index (χ0) is 19.7. The van der Waals surface area contributed by atoms with Gasteiger partial charge in [-0.3, -0.25) is 0 Å². The minimum atomic E-state index is -3.90. The van der Waals surface area contributed by atoms with Gasteiger partial charge in [-0.15, -0.1) is 0 Å². The Kier molecular flexibility index (Phi) is 4.87. The molecule has 0 saturated heterocycles. The van der Waals surface area contributed by atoms with Gasteiger partial charge in [0.05, 0.1) is 5.69 Å². The molecule has 1 aliphatic rings. The minimum absolute atomic E-state index is 0.105. The lowest BCUT2D eigenvalue weighted by atomic mass is 10.1. The van der Waals surface area contributed by atoms with Gasteiger partial charge in [0.15, 0.2) is 11.5 Å². The first-order valence-electron chi connectivity index (χ1n) is 9.09. The maximum Gasteiger partial charge on any atom is 0.272 e. The highest BCUT2D eigenvalue weighted by Gasteiger charge is 2.30. The molecule has 3 aromatic rings. The second kappa shape index (κ2) is 7.33. The van der Waals surface area contributed by atoms with Crippen molar-refractivity contribution < 1.29 is 17.9 Å². The molecule has 0 atom stereocenters. The molecule has 2 heterocycles. The molecule has 0 radical (unpaired) electrons. The molecule has 0 bridgehead atoms. The van der Waals surface area contributed by atoms with E-state index in [1.807, 2.05) is 44.3 Å². The van der Waals surface area contributed by atoms with Gasteiger partial charge < -0.3 is 14.8 Å². The Morgan fingerprint density at radius 3 is 2.54 bits per heavy atom. The van der Waals surface area contributed by atoms with Crippen molar-refractivity contribution in [2.75, 3.05) is 20.3 Å². The molecule has 1 aromatic heterocycles. The van der Waals surface area contributed by atoms with Crippen LogP contribution >= 0.6 is 0 Å². The quantitative estimate of drug-likeness (QED) is 0.715. The van der Waals surface area contributed by atoms with Gasteiger partial charge in [0.25, 0.3) is 10.0 Å². The fourth-order valence-corrected chi connectivity index (χ4v) is 5.08. The summed E-state index contributed by atoms with van der Waals surface area (Å²) in [5.74, 6) is 0.724. The summed E-state index contributed by atoms with van der Waals surface area (Å²) >= 11 is 0. The van der Waals surface area contributed by atoms with Crippen molar-refractivity contribution >= 4 is 10.0 Å². The third-order valence-electron chi connectivity index (χ3n) is 4.81. The van der Waals surface area contributed by atoms with Gasteiger partial charge in [0.1, 0.15) is 18.1 Å². The van der Waals surface area contributed by atoms with Crippen molar-refractivity contribution in [3.05, 3.63) is 65.9 Å². The molecule has 0 fully saturated rings. The molecule has 0 spiro atoms. The summed E-state index contributed by atoms with van der Waals surface area (Å²) in [5, 5.41) is 3.11. The molecule has 7 heteroatoms. The number of rotatable bonds is 5. The third-order valence-corrected chi connectivity index (χ3v) is 6.49. The number of nitrogens with one attached hydrogen (secondary N) is 1. The summed E-state index contributed by atoms with van der Waals surface area (Å²) in [6, 6.07) is 14.5. The van der Waals surface area contributed by atoms with E-state index in [1.165, 1.54) is 3.97 Å². The first kappa shape index (κ1) is 18.6. The number of hydrogen-bond donors (Lipinski definition) is 1. The van der Waals surface area contributed by atoms with E-state index >= 15 is 0 Å². The standard InChI is InChI=1S/C21H22N2O4S/c1-15-17(13-22-2)14-23(20(15)16-7-4-3-5-8-16)28(24,25)19-10-6-9-18-21(19)27-12-11-26-18/h3-10,14,22H,11-13H2,1-2H3. The highest BCUT2D eigenvalue weighted by molar-refractivity contribution is 7.90. The van der Waals surface area contributed by atoms with Gasteiger partial charge in [-0.05, 0) is 42.8 Å². The predicted octanol–water partition coefficient (Wildman–Crippen LogP) is 3.19. The number of para-hydroxylation sites is 1. The Morgan fingerprint density at radius 1 is 1.04 bits per heavy atom. The largest absolute Gasteiger partial charge is 0.486 e. The number of aromatic nitrogens is 1. The third kappa shape index (κ3) is 3.06. The van der Waals surface area contributed by atoms with Crippen LogP contribution in [-0.4, -0.2) is 32.7 Å². The van der Waals surface area contributed by atoms with Crippen LogP contribution in [0.5, 0.6) is 11.5 Å². The van der Waals surface area contributed by atoms with E-state index in [9.17, 15) is 8.42 Å². The molecule has 0 aliphatic carbocycles. The topological polar surface area (TPSA) is 69.6 Å². The van der Waals surface area contributed by atoms with Crippen LogP contribution in [0.1, 0.15) is 11.1 Å². The maximum atomic E-state index is 13.7. The van der Waals surface area contributed by atoms with Crippen LogP contribution in [0.4, 0.5) is 0 Å². The van der Waals surface area contributed by atoms with Gasteiger partial charge in [0, 0.05) is 12.7 Å². The van der Waals surface area contributed by atoms with Crippen molar-refractivity contribution in [2.24, 2.45) is 0 Å². The minimum Gasteiger partial charge on any atom is -0.486 e. The summed E-state index contributed by atoms with van der Waals surface area (Å²) in [4.78, 5) is 0.105. The smallest absolute Gasteiger partial charge is 0.272 e. The van der Waals surface area contributed by atoms with E-state index in [2.05, 4.69) is 5.32 Å². The van der Waals surface area contributed by atoms with Crippen molar-refractivity contribution in [1.82, 2.24) is 9.29 Å². The van der Waals surface area contributed by atoms with E-state index in [0.717, 1.165) is 16.7 Å². The van der Waals surface area contributed by atoms with Crippen LogP contribution in [-0.2, 0) is 16.6 Å².